The summed E-state index contributed by atoms with van der Waals surface area (Å²) < 4.78 is 58.2. The van der Waals surface area contributed by atoms with Gasteiger partial charge in [0.05, 0.1) is 25.4 Å². The SMILES string of the molecule is COC1C[C@H](n2cnc3c(=O)[nH]cnc32)O[C@@H]1COP(=O)(O)OP(=O)(O)OP(=O)(O)O. The Morgan fingerprint density at radius 2 is 1.90 bits per heavy atom. The van der Waals surface area contributed by atoms with Crippen LogP contribution in [-0.2, 0) is 36.3 Å². The lowest BCUT2D eigenvalue weighted by Crippen LogP contribution is -2.27. The van der Waals surface area contributed by atoms with Gasteiger partial charge in [0.1, 0.15) is 12.3 Å². The zero-order valence-corrected chi connectivity index (χ0v) is 18.1. The fraction of sp³-hybridized carbons (Fsp3) is 0.545. The number of hydrogen-bond acceptors (Lipinski definition) is 11. The molecule has 1 fully saturated rings. The van der Waals surface area contributed by atoms with Crippen LogP contribution in [0.15, 0.2) is 17.4 Å². The topological polar surface area (TPSA) is 242 Å². The number of fused-ring (bicyclic) bond motifs is 1. The summed E-state index contributed by atoms with van der Waals surface area (Å²) in [5.41, 5.74) is -0.178. The van der Waals surface area contributed by atoms with Crippen LogP contribution in [0.5, 0.6) is 0 Å². The van der Waals surface area contributed by atoms with Crippen molar-refractivity contribution >= 4 is 34.6 Å². The summed E-state index contributed by atoms with van der Waals surface area (Å²) in [7, 11) is -15.1. The van der Waals surface area contributed by atoms with Gasteiger partial charge in [-0.3, -0.25) is 13.9 Å². The van der Waals surface area contributed by atoms with Gasteiger partial charge in [0, 0.05) is 13.5 Å². The van der Waals surface area contributed by atoms with E-state index in [9.17, 15) is 28.3 Å². The highest BCUT2D eigenvalue weighted by molar-refractivity contribution is 7.66. The smallest absolute Gasteiger partial charge is 0.378 e. The van der Waals surface area contributed by atoms with Crippen molar-refractivity contribution in [3.8, 4) is 0 Å². The van der Waals surface area contributed by atoms with Crippen LogP contribution in [0.25, 0.3) is 11.2 Å². The quantitative estimate of drug-likeness (QED) is 0.276. The molecule has 3 heterocycles. The summed E-state index contributed by atoms with van der Waals surface area (Å²) in [5, 5.41) is 0. The molecule has 1 saturated heterocycles. The molecule has 20 heteroatoms. The number of nitrogens with zero attached hydrogens (tertiary/aromatic N) is 3. The Balaban J connectivity index is 1.68. The average molecular weight is 506 g/mol. The molecule has 0 radical (unpaired) electrons. The number of nitrogens with one attached hydrogen (secondary N) is 1. The Labute approximate surface area is 172 Å². The second-order valence-corrected chi connectivity index (χ2v) is 10.5. The maximum Gasteiger partial charge on any atom is 0.490 e. The predicted molar refractivity (Wildman–Crippen MR) is 97.3 cm³/mol. The summed E-state index contributed by atoms with van der Waals surface area (Å²) >= 11 is 0. The van der Waals surface area contributed by atoms with Crippen LogP contribution in [0.4, 0.5) is 0 Å². The molecule has 174 valence electrons. The fourth-order valence-corrected chi connectivity index (χ4v) is 5.84. The lowest BCUT2D eigenvalue weighted by Gasteiger charge is -2.20. The lowest BCUT2D eigenvalue weighted by molar-refractivity contribution is -0.0502. The minimum atomic E-state index is -5.63. The molecule has 17 nitrogen and oxygen atoms in total. The molecule has 0 aromatic carbocycles. The second-order valence-electron chi connectivity index (χ2n) is 6.08. The fourth-order valence-electron chi connectivity index (χ4n) is 2.81. The maximum atomic E-state index is 11.9. The first-order valence-electron chi connectivity index (χ1n) is 8.17. The lowest BCUT2D eigenvalue weighted by atomic mass is 10.2. The van der Waals surface area contributed by atoms with Crippen LogP contribution in [0.3, 0.4) is 0 Å². The van der Waals surface area contributed by atoms with Crippen molar-refractivity contribution in [3.63, 3.8) is 0 Å². The summed E-state index contributed by atoms with van der Waals surface area (Å²) in [6.45, 7) is -0.681. The number of hydrogen-bond donors (Lipinski definition) is 5. The van der Waals surface area contributed by atoms with Crippen LogP contribution in [0, 0.1) is 0 Å². The van der Waals surface area contributed by atoms with Gasteiger partial charge in [-0.15, -0.1) is 0 Å². The van der Waals surface area contributed by atoms with E-state index in [2.05, 4.69) is 28.1 Å². The van der Waals surface area contributed by atoms with E-state index in [1.807, 2.05) is 0 Å². The number of aromatic amines is 1. The van der Waals surface area contributed by atoms with E-state index < -0.39 is 54.1 Å². The van der Waals surface area contributed by atoms with Crippen molar-refractivity contribution in [2.24, 2.45) is 0 Å². The molecule has 0 amide bonds. The number of phosphoric ester groups is 1. The number of H-pyrrole nitrogens is 1. The number of ether oxygens (including phenoxy) is 2. The number of imidazole rings is 1. The second kappa shape index (κ2) is 8.90. The Morgan fingerprint density at radius 3 is 2.55 bits per heavy atom. The van der Waals surface area contributed by atoms with E-state index in [1.165, 1.54) is 24.3 Å². The standard InChI is InChI=1S/C11H17N4O13P3/c1-24-6-2-8(15-5-14-9-10(15)12-4-13-11(9)16)26-7(6)3-25-30(20,21)28-31(22,23)27-29(17,18)19/h4-8H,2-3H2,1H3,(H,20,21)(H,22,23)(H,12,13,16)(H2,17,18,19)/t6?,7-,8-/m1/s1. The molecule has 31 heavy (non-hydrogen) atoms. The summed E-state index contributed by atoms with van der Waals surface area (Å²) in [5.74, 6) is 0. The first-order valence-corrected chi connectivity index (χ1v) is 12.7. The van der Waals surface area contributed by atoms with Crippen LogP contribution >= 0.6 is 23.5 Å². The third-order valence-electron chi connectivity index (χ3n) is 3.98. The van der Waals surface area contributed by atoms with E-state index >= 15 is 0 Å². The van der Waals surface area contributed by atoms with Gasteiger partial charge in [-0.2, -0.15) is 8.62 Å². The van der Waals surface area contributed by atoms with Crippen LogP contribution in [0.2, 0.25) is 0 Å². The predicted octanol–water partition coefficient (Wildman–Crippen LogP) is -0.235. The van der Waals surface area contributed by atoms with Crippen LogP contribution in [-0.4, -0.2) is 65.0 Å². The van der Waals surface area contributed by atoms with Gasteiger partial charge in [0.15, 0.2) is 11.2 Å². The van der Waals surface area contributed by atoms with Crippen molar-refractivity contribution < 1.29 is 55.9 Å². The molecule has 0 aliphatic carbocycles. The third kappa shape index (κ3) is 6.14. The Hall–Kier alpha value is -1.32. The van der Waals surface area contributed by atoms with Crippen LogP contribution < -0.4 is 5.56 Å². The summed E-state index contributed by atoms with van der Waals surface area (Å²) in [6, 6.07) is 0. The van der Waals surface area contributed by atoms with Crippen molar-refractivity contribution in [1.82, 2.24) is 19.5 Å². The molecule has 3 unspecified atom stereocenters. The number of rotatable bonds is 9. The molecule has 2 aromatic rings. The van der Waals surface area contributed by atoms with E-state index in [4.69, 9.17) is 19.3 Å². The largest absolute Gasteiger partial charge is 0.490 e. The Kier molecular flexibility index (Phi) is 6.99. The molecule has 5 atom stereocenters. The van der Waals surface area contributed by atoms with Gasteiger partial charge < -0.3 is 34.0 Å². The van der Waals surface area contributed by atoms with E-state index in [0.717, 1.165) is 0 Å². The maximum absolute atomic E-state index is 11.9. The highest BCUT2D eigenvalue weighted by atomic mass is 31.3. The molecule has 0 bridgehead atoms. The minimum Gasteiger partial charge on any atom is -0.378 e. The molecular weight excluding hydrogens is 489 g/mol. The van der Waals surface area contributed by atoms with Gasteiger partial charge in [-0.05, 0) is 0 Å². The Bertz CT molecular complexity index is 1140. The monoisotopic (exact) mass is 506 g/mol. The van der Waals surface area contributed by atoms with Gasteiger partial charge in [-0.1, -0.05) is 0 Å². The molecule has 5 N–H and O–H groups in total. The normalized spacial score (nSPS) is 26.0. The summed E-state index contributed by atoms with van der Waals surface area (Å²) in [4.78, 5) is 57.9. The molecular formula is C11H17N4O13P3. The molecule has 0 saturated carbocycles. The highest BCUT2D eigenvalue weighted by Gasteiger charge is 2.43. The molecule has 2 aromatic heterocycles. The van der Waals surface area contributed by atoms with Gasteiger partial charge in [0.2, 0.25) is 0 Å². The average Bonchev–Trinajstić information content (AvgIpc) is 3.21. The first-order chi connectivity index (χ1) is 14.3. The van der Waals surface area contributed by atoms with Gasteiger partial charge in [0.25, 0.3) is 5.56 Å². The van der Waals surface area contributed by atoms with E-state index in [-0.39, 0.29) is 17.6 Å². The minimum absolute atomic E-state index is 0.0665. The van der Waals surface area contributed by atoms with Crippen molar-refractivity contribution in [2.45, 2.75) is 24.9 Å². The van der Waals surface area contributed by atoms with E-state index in [0.29, 0.717) is 0 Å². The number of aromatic nitrogens is 4. The van der Waals surface area contributed by atoms with Gasteiger partial charge >= 0.3 is 23.5 Å². The molecule has 1 aliphatic rings. The van der Waals surface area contributed by atoms with Crippen LogP contribution in [0.1, 0.15) is 12.6 Å². The van der Waals surface area contributed by atoms with E-state index in [1.54, 1.807) is 0 Å². The molecule has 1 aliphatic heterocycles. The zero-order chi connectivity index (χ0) is 23.0. The highest BCUT2D eigenvalue weighted by Crippen LogP contribution is 2.66. The first kappa shape index (κ1) is 24.3. The Morgan fingerprint density at radius 1 is 1.19 bits per heavy atom. The zero-order valence-electron chi connectivity index (χ0n) is 15.4. The van der Waals surface area contributed by atoms with Crippen molar-refractivity contribution in [1.29, 1.82) is 0 Å². The third-order valence-corrected chi connectivity index (χ3v) is 7.78. The van der Waals surface area contributed by atoms with Gasteiger partial charge in [-0.25, -0.2) is 23.7 Å². The molecule has 3 rings (SSSR count). The van der Waals surface area contributed by atoms with Crippen molar-refractivity contribution in [3.05, 3.63) is 23.0 Å². The summed E-state index contributed by atoms with van der Waals surface area (Å²) in [6.07, 6.45) is 0.267. The van der Waals surface area contributed by atoms with Crippen molar-refractivity contribution in [2.75, 3.05) is 13.7 Å². The number of phosphoric acid groups is 3. The molecule has 0 spiro atoms. The number of methoxy groups -OCH3 is 1.